The molecule has 7 nitrogen and oxygen atoms in total. The van der Waals surface area contributed by atoms with Crippen LogP contribution >= 0.6 is 0 Å². The van der Waals surface area contributed by atoms with E-state index in [4.69, 9.17) is 0 Å². The molecule has 2 fully saturated rings. The zero-order valence-corrected chi connectivity index (χ0v) is 15.7. The molecule has 2 heterocycles. The SMILES string of the molecule is CC(=O)c1ccc(S(=O)(=O)N2CCCCC2C(=O)NC2CCNC2)cc1. The number of ketones is 1. The van der Waals surface area contributed by atoms with Crippen molar-refractivity contribution in [2.75, 3.05) is 19.6 Å². The van der Waals surface area contributed by atoms with Gasteiger partial charge in [0.05, 0.1) is 4.90 Å². The summed E-state index contributed by atoms with van der Waals surface area (Å²) in [5.41, 5.74) is 0.464. The minimum Gasteiger partial charge on any atom is -0.351 e. The summed E-state index contributed by atoms with van der Waals surface area (Å²) in [5, 5.41) is 6.16. The lowest BCUT2D eigenvalue weighted by Crippen LogP contribution is -2.53. The molecular formula is C18H25N3O4S. The second-order valence-electron chi connectivity index (χ2n) is 6.91. The molecular weight excluding hydrogens is 354 g/mol. The number of Topliss-reactive ketones (excluding diaryl/α,β-unsaturated/α-hetero) is 1. The van der Waals surface area contributed by atoms with Crippen LogP contribution in [0.25, 0.3) is 0 Å². The van der Waals surface area contributed by atoms with Gasteiger partial charge in [0.15, 0.2) is 5.78 Å². The molecule has 2 unspecified atom stereocenters. The fraction of sp³-hybridized carbons (Fsp3) is 0.556. The first-order chi connectivity index (χ1) is 12.4. The third-order valence-corrected chi connectivity index (χ3v) is 6.95. The van der Waals surface area contributed by atoms with Gasteiger partial charge >= 0.3 is 0 Å². The third-order valence-electron chi connectivity index (χ3n) is 5.03. The van der Waals surface area contributed by atoms with Gasteiger partial charge in [-0.2, -0.15) is 4.31 Å². The maximum Gasteiger partial charge on any atom is 0.243 e. The lowest BCUT2D eigenvalue weighted by Gasteiger charge is -2.34. The second-order valence-corrected chi connectivity index (χ2v) is 8.80. The highest BCUT2D eigenvalue weighted by Crippen LogP contribution is 2.26. The van der Waals surface area contributed by atoms with E-state index >= 15 is 0 Å². The zero-order chi connectivity index (χ0) is 18.7. The molecule has 142 valence electrons. The van der Waals surface area contributed by atoms with Crippen LogP contribution in [-0.2, 0) is 14.8 Å². The molecule has 2 aliphatic rings. The highest BCUT2D eigenvalue weighted by Gasteiger charge is 2.38. The number of rotatable bonds is 5. The smallest absolute Gasteiger partial charge is 0.243 e. The average molecular weight is 379 g/mol. The Labute approximate surface area is 154 Å². The van der Waals surface area contributed by atoms with Gasteiger partial charge in [-0.05, 0) is 44.9 Å². The molecule has 0 aliphatic carbocycles. The van der Waals surface area contributed by atoms with Crippen LogP contribution in [-0.4, -0.2) is 56.1 Å². The number of nitrogens with one attached hydrogen (secondary N) is 2. The Morgan fingerprint density at radius 1 is 1.15 bits per heavy atom. The number of hydrogen-bond acceptors (Lipinski definition) is 5. The van der Waals surface area contributed by atoms with Gasteiger partial charge in [0.25, 0.3) is 0 Å². The van der Waals surface area contributed by atoms with Crippen molar-refractivity contribution in [1.29, 1.82) is 0 Å². The van der Waals surface area contributed by atoms with Gasteiger partial charge in [-0.3, -0.25) is 9.59 Å². The molecule has 2 saturated heterocycles. The molecule has 1 aromatic carbocycles. The zero-order valence-electron chi connectivity index (χ0n) is 14.9. The van der Waals surface area contributed by atoms with Crippen LogP contribution in [0.3, 0.4) is 0 Å². The van der Waals surface area contributed by atoms with Gasteiger partial charge in [0.1, 0.15) is 6.04 Å². The molecule has 3 rings (SSSR count). The first-order valence-electron chi connectivity index (χ1n) is 9.03. The molecule has 2 aliphatic heterocycles. The van der Waals surface area contributed by atoms with Crippen LogP contribution in [0.2, 0.25) is 0 Å². The Balaban J connectivity index is 1.80. The van der Waals surface area contributed by atoms with Crippen LogP contribution in [0.4, 0.5) is 0 Å². The Morgan fingerprint density at radius 2 is 1.88 bits per heavy atom. The summed E-state index contributed by atoms with van der Waals surface area (Å²) in [7, 11) is -3.79. The van der Waals surface area contributed by atoms with E-state index < -0.39 is 16.1 Å². The Hall–Kier alpha value is -1.77. The van der Waals surface area contributed by atoms with Crippen molar-refractivity contribution in [1.82, 2.24) is 14.9 Å². The minimum atomic E-state index is -3.79. The fourth-order valence-corrected chi connectivity index (χ4v) is 5.18. The molecule has 0 aromatic heterocycles. The molecule has 0 bridgehead atoms. The van der Waals surface area contributed by atoms with Crippen LogP contribution in [0.1, 0.15) is 43.0 Å². The fourth-order valence-electron chi connectivity index (χ4n) is 3.53. The van der Waals surface area contributed by atoms with Crippen LogP contribution in [0, 0.1) is 0 Å². The molecule has 0 spiro atoms. The number of benzene rings is 1. The molecule has 2 N–H and O–H groups in total. The highest BCUT2D eigenvalue weighted by molar-refractivity contribution is 7.89. The van der Waals surface area contributed by atoms with Crippen molar-refractivity contribution >= 4 is 21.7 Å². The van der Waals surface area contributed by atoms with E-state index in [-0.39, 0.29) is 22.6 Å². The molecule has 26 heavy (non-hydrogen) atoms. The highest BCUT2D eigenvalue weighted by atomic mass is 32.2. The van der Waals surface area contributed by atoms with Gasteiger partial charge in [-0.15, -0.1) is 0 Å². The molecule has 1 amide bonds. The number of nitrogens with zero attached hydrogens (tertiary/aromatic N) is 1. The summed E-state index contributed by atoms with van der Waals surface area (Å²) in [4.78, 5) is 24.2. The largest absolute Gasteiger partial charge is 0.351 e. The van der Waals surface area contributed by atoms with E-state index in [9.17, 15) is 18.0 Å². The molecule has 0 saturated carbocycles. The van der Waals surface area contributed by atoms with Crippen molar-refractivity contribution in [3.8, 4) is 0 Å². The average Bonchev–Trinajstić information content (AvgIpc) is 3.14. The van der Waals surface area contributed by atoms with Gasteiger partial charge in [-0.1, -0.05) is 18.6 Å². The third kappa shape index (κ3) is 3.97. The standard InChI is InChI=1S/C18H25N3O4S/c1-13(22)14-5-7-16(8-6-14)26(24,25)21-11-3-2-4-17(21)18(23)20-15-9-10-19-12-15/h5-8,15,17,19H,2-4,9-12H2,1H3,(H,20,23). The van der Waals surface area contributed by atoms with E-state index in [1.807, 2.05) is 0 Å². The maximum absolute atomic E-state index is 13.1. The Morgan fingerprint density at radius 3 is 2.50 bits per heavy atom. The lowest BCUT2D eigenvalue weighted by atomic mass is 10.0. The van der Waals surface area contributed by atoms with E-state index in [1.54, 1.807) is 0 Å². The quantitative estimate of drug-likeness (QED) is 0.742. The Kier molecular flexibility index (Phi) is 5.74. The molecule has 0 radical (unpaired) electrons. The van der Waals surface area contributed by atoms with Crippen molar-refractivity contribution < 1.29 is 18.0 Å². The topological polar surface area (TPSA) is 95.6 Å². The van der Waals surface area contributed by atoms with Crippen LogP contribution in [0.15, 0.2) is 29.2 Å². The van der Waals surface area contributed by atoms with E-state index in [0.29, 0.717) is 18.5 Å². The van der Waals surface area contributed by atoms with Crippen molar-refractivity contribution in [2.24, 2.45) is 0 Å². The van der Waals surface area contributed by atoms with Crippen molar-refractivity contribution in [3.63, 3.8) is 0 Å². The minimum absolute atomic E-state index is 0.0591. The number of amides is 1. The summed E-state index contributed by atoms with van der Waals surface area (Å²) in [6, 6.07) is 5.29. The summed E-state index contributed by atoms with van der Waals surface area (Å²) in [5.74, 6) is -0.336. The van der Waals surface area contributed by atoms with E-state index in [2.05, 4.69) is 10.6 Å². The van der Waals surface area contributed by atoms with E-state index in [0.717, 1.165) is 32.4 Å². The normalized spacial score (nSPS) is 24.3. The Bertz CT molecular complexity index is 770. The number of piperidine rings is 1. The molecule has 1 aromatic rings. The van der Waals surface area contributed by atoms with Crippen molar-refractivity contribution in [2.45, 2.75) is 49.6 Å². The van der Waals surface area contributed by atoms with Crippen LogP contribution < -0.4 is 10.6 Å². The number of sulfonamides is 1. The second kappa shape index (κ2) is 7.85. The number of carbonyl (C=O) groups excluding carboxylic acids is 2. The monoisotopic (exact) mass is 379 g/mol. The van der Waals surface area contributed by atoms with Gasteiger partial charge in [0, 0.05) is 24.7 Å². The summed E-state index contributed by atoms with van der Waals surface area (Å²) >= 11 is 0. The molecule has 2 atom stereocenters. The summed E-state index contributed by atoms with van der Waals surface area (Å²) < 4.78 is 27.5. The summed E-state index contributed by atoms with van der Waals surface area (Å²) in [6.07, 6.45) is 2.95. The van der Waals surface area contributed by atoms with Gasteiger partial charge < -0.3 is 10.6 Å². The summed E-state index contributed by atoms with van der Waals surface area (Å²) in [6.45, 7) is 3.35. The maximum atomic E-state index is 13.1. The number of hydrogen-bond donors (Lipinski definition) is 2. The first kappa shape index (κ1) is 19.0. The molecule has 8 heteroatoms. The lowest BCUT2D eigenvalue weighted by molar-refractivity contribution is -0.126. The first-order valence-corrected chi connectivity index (χ1v) is 10.5. The van der Waals surface area contributed by atoms with Gasteiger partial charge in [0.2, 0.25) is 15.9 Å². The van der Waals surface area contributed by atoms with E-state index in [1.165, 1.54) is 35.5 Å². The number of carbonyl (C=O) groups is 2. The van der Waals surface area contributed by atoms with Crippen molar-refractivity contribution in [3.05, 3.63) is 29.8 Å². The predicted molar refractivity (Wildman–Crippen MR) is 97.4 cm³/mol. The van der Waals surface area contributed by atoms with Gasteiger partial charge in [-0.25, -0.2) is 8.42 Å². The van der Waals surface area contributed by atoms with Crippen LogP contribution in [0.5, 0.6) is 0 Å². The predicted octanol–water partition coefficient (Wildman–Crippen LogP) is 0.911.